The average Bonchev–Trinajstić information content (AvgIpc) is 2.91. The molecule has 0 aromatic heterocycles. The smallest absolute Gasteiger partial charge is 0.253 e. The van der Waals surface area contributed by atoms with Crippen LogP contribution in [0.15, 0.2) is 48.5 Å². The molecular weight excluding hydrogens is 340 g/mol. The third kappa shape index (κ3) is 2.79. The van der Waals surface area contributed by atoms with E-state index in [9.17, 15) is 14.4 Å². The van der Waals surface area contributed by atoms with E-state index in [1.165, 1.54) is 0 Å². The quantitative estimate of drug-likeness (QED) is 0.853. The summed E-state index contributed by atoms with van der Waals surface area (Å²) in [7, 11) is 0. The highest BCUT2D eigenvalue weighted by molar-refractivity contribution is 6.33. The van der Waals surface area contributed by atoms with Gasteiger partial charge in [-0.1, -0.05) is 48.4 Å². The lowest BCUT2D eigenvalue weighted by atomic mass is 9.97. The van der Waals surface area contributed by atoms with E-state index in [1.54, 1.807) is 42.5 Å². The first-order valence-electron chi connectivity index (χ1n) is 9.37. The number of ketones is 2. The van der Waals surface area contributed by atoms with E-state index in [-0.39, 0.29) is 11.6 Å². The molecule has 5 nitrogen and oxygen atoms in total. The summed E-state index contributed by atoms with van der Waals surface area (Å²) in [5.74, 6) is -1.06. The number of likely N-dealkylation sites (tertiary alicyclic amines) is 1. The number of carbonyl (C=O) groups is 3. The van der Waals surface area contributed by atoms with Gasteiger partial charge in [-0.25, -0.2) is 0 Å². The molecule has 5 heteroatoms. The SMILES string of the molecule is Cc1cccc(C(=O)NC2(N3CCCCC3)C(=O)c3ccccc3C2=O)c1. The molecule has 2 aromatic carbocycles. The number of Topliss-reactive ketones (excluding diaryl/α,β-unsaturated/α-hetero) is 2. The number of amides is 1. The van der Waals surface area contributed by atoms with Gasteiger partial charge in [0.2, 0.25) is 17.2 Å². The third-order valence-corrected chi connectivity index (χ3v) is 5.48. The minimum absolute atomic E-state index is 0.328. The lowest BCUT2D eigenvalue weighted by molar-refractivity contribution is 0.0304. The maximum absolute atomic E-state index is 13.4. The third-order valence-electron chi connectivity index (χ3n) is 5.48. The monoisotopic (exact) mass is 362 g/mol. The molecule has 2 aromatic rings. The van der Waals surface area contributed by atoms with Crippen LogP contribution < -0.4 is 5.32 Å². The summed E-state index contributed by atoms with van der Waals surface area (Å²) >= 11 is 0. The number of hydrogen-bond acceptors (Lipinski definition) is 4. The molecule has 1 amide bonds. The maximum atomic E-state index is 13.4. The van der Waals surface area contributed by atoms with Gasteiger partial charge in [0.25, 0.3) is 5.91 Å². The molecule has 0 spiro atoms. The fourth-order valence-electron chi connectivity index (χ4n) is 4.10. The molecule has 1 N–H and O–H groups in total. The molecule has 1 aliphatic carbocycles. The average molecular weight is 362 g/mol. The number of nitrogens with one attached hydrogen (secondary N) is 1. The van der Waals surface area contributed by atoms with Gasteiger partial charge in [-0.3, -0.25) is 19.3 Å². The number of fused-ring (bicyclic) bond motifs is 1. The van der Waals surface area contributed by atoms with E-state index in [4.69, 9.17) is 0 Å². The molecule has 1 fully saturated rings. The molecule has 1 saturated heterocycles. The van der Waals surface area contributed by atoms with E-state index < -0.39 is 11.6 Å². The van der Waals surface area contributed by atoms with Gasteiger partial charge in [0.15, 0.2) is 0 Å². The van der Waals surface area contributed by atoms with Crippen molar-refractivity contribution < 1.29 is 14.4 Å². The van der Waals surface area contributed by atoms with E-state index >= 15 is 0 Å². The van der Waals surface area contributed by atoms with Crippen molar-refractivity contribution >= 4 is 17.5 Å². The van der Waals surface area contributed by atoms with Gasteiger partial charge < -0.3 is 5.32 Å². The van der Waals surface area contributed by atoms with Crippen molar-refractivity contribution in [2.45, 2.75) is 31.8 Å². The highest BCUT2D eigenvalue weighted by Crippen LogP contribution is 2.35. The van der Waals surface area contributed by atoms with Gasteiger partial charge in [0.1, 0.15) is 0 Å². The van der Waals surface area contributed by atoms with Crippen LogP contribution >= 0.6 is 0 Å². The summed E-state index contributed by atoms with van der Waals surface area (Å²) in [6.45, 7) is 3.12. The van der Waals surface area contributed by atoms with Gasteiger partial charge in [-0.15, -0.1) is 0 Å². The van der Waals surface area contributed by atoms with Crippen LogP contribution in [0.1, 0.15) is 55.9 Å². The zero-order chi connectivity index (χ0) is 19.0. The Morgan fingerprint density at radius 2 is 1.56 bits per heavy atom. The Kier molecular flexibility index (Phi) is 4.40. The summed E-state index contributed by atoms with van der Waals surface area (Å²) in [6.07, 6.45) is 2.87. The van der Waals surface area contributed by atoms with Crippen molar-refractivity contribution in [1.29, 1.82) is 0 Å². The molecule has 0 atom stereocenters. The molecule has 2 aliphatic rings. The highest BCUT2D eigenvalue weighted by Gasteiger charge is 2.58. The number of carbonyl (C=O) groups excluding carboxylic acids is 3. The molecule has 1 heterocycles. The Bertz CT molecular complexity index is 894. The molecule has 4 rings (SSSR count). The molecular formula is C22H22N2O3. The van der Waals surface area contributed by atoms with Crippen LogP contribution in [-0.4, -0.2) is 41.1 Å². The number of hydrogen-bond donors (Lipinski definition) is 1. The Hall–Kier alpha value is -2.79. The lowest BCUT2D eigenvalue weighted by Gasteiger charge is -2.41. The molecule has 138 valence electrons. The Morgan fingerprint density at radius 1 is 0.926 bits per heavy atom. The van der Waals surface area contributed by atoms with Crippen LogP contribution in [0.25, 0.3) is 0 Å². The Morgan fingerprint density at radius 3 is 2.15 bits per heavy atom. The van der Waals surface area contributed by atoms with Crippen molar-refractivity contribution in [2.24, 2.45) is 0 Å². The molecule has 1 aliphatic heterocycles. The van der Waals surface area contributed by atoms with Crippen LogP contribution in [0.2, 0.25) is 0 Å². The first-order valence-corrected chi connectivity index (χ1v) is 9.37. The van der Waals surface area contributed by atoms with Crippen molar-refractivity contribution in [3.8, 4) is 0 Å². The zero-order valence-electron chi connectivity index (χ0n) is 15.3. The Balaban J connectivity index is 1.78. The van der Waals surface area contributed by atoms with Gasteiger partial charge >= 0.3 is 0 Å². The number of piperidine rings is 1. The first-order chi connectivity index (χ1) is 13.0. The van der Waals surface area contributed by atoms with Crippen molar-refractivity contribution in [3.05, 3.63) is 70.8 Å². The van der Waals surface area contributed by atoms with Crippen molar-refractivity contribution in [3.63, 3.8) is 0 Å². The van der Waals surface area contributed by atoms with Crippen LogP contribution in [0.4, 0.5) is 0 Å². The predicted octanol–water partition coefficient (Wildman–Crippen LogP) is 2.99. The van der Waals surface area contributed by atoms with E-state index in [2.05, 4.69) is 5.32 Å². The van der Waals surface area contributed by atoms with Crippen LogP contribution in [-0.2, 0) is 0 Å². The fourth-order valence-corrected chi connectivity index (χ4v) is 4.10. The van der Waals surface area contributed by atoms with Crippen molar-refractivity contribution in [1.82, 2.24) is 10.2 Å². The minimum atomic E-state index is -1.63. The molecule has 0 radical (unpaired) electrons. The summed E-state index contributed by atoms with van der Waals surface area (Å²) in [4.78, 5) is 41.6. The first kappa shape index (κ1) is 17.6. The number of benzene rings is 2. The standard InChI is InChI=1S/C22H22N2O3/c1-15-8-7-9-16(14-15)21(27)23-22(24-12-5-2-6-13-24)19(25)17-10-3-4-11-18(17)20(22)26/h3-4,7-11,14H,2,5-6,12-13H2,1H3,(H,23,27). The maximum Gasteiger partial charge on any atom is 0.253 e. The minimum Gasteiger partial charge on any atom is -0.320 e. The summed E-state index contributed by atoms with van der Waals surface area (Å²) < 4.78 is 0. The highest BCUT2D eigenvalue weighted by atomic mass is 16.2. The second kappa shape index (κ2) is 6.74. The van der Waals surface area contributed by atoms with Gasteiger partial charge in [-0.2, -0.15) is 0 Å². The summed E-state index contributed by atoms with van der Waals surface area (Å²) in [5, 5.41) is 2.84. The lowest BCUT2D eigenvalue weighted by Crippen LogP contribution is -2.68. The number of aryl methyl sites for hydroxylation is 1. The topological polar surface area (TPSA) is 66.5 Å². The zero-order valence-corrected chi connectivity index (χ0v) is 15.3. The second-order valence-electron chi connectivity index (χ2n) is 7.29. The molecule has 27 heavy (non-hydrogen) atoms. The number of rotatable bonds is 3. The normalized spacial score (nSPS) is 19.0. The van der Waals surface area contributed by atoms with Crippen LogP contribution in [0, 0.1) is 6.92 Å². The Labute approximate surface area is 158 Å². The van der Waals surface area contributed by atoms with Gasteiger partial charge in [0, 0.05) is 29.8 Å². The van der Waals surface area contributed by atoms with Crippen LogP contribution in [0.3, 0.4) is 0 Å². The van der Waals surface area contributed by atoms with Gasteiger partial charge in [-0.05, 0) is 31.9 Å². The van der Waals surface area contributed by atoms with Gasteiger partial charge in [0.05, 0.1) is 0 Å². The van der Waals surface area contributed by atoms with E-state index in [0.29, 0.717) is 29.8 Å². The molecule has 0 saturated carbocycles. The van der Waals surface area contributed by atoms with Crippen molar-refractivity contribution in [2.75, 3.05) is 13.1 Å². The van der Waals surface area contributed by atoms with Crippen LogP contribution in [0.5, 0.6) is 0 Å². The van der Waals surface area contributed by atoms with E-state index in [0.717, 1.165) is 24.8 Å². The number of nitrogens with zero attached hydrogens (tertiary/aromatic N) is 1. The fraction of sp³-hybridized carbons (Fsp3) is 0.318. The molecule has 0 bridgehead atoms. The predicted molar refractivity (Wildman–Crippen MR) is 102 cm³/mol. The molecule has 0 unspecified atom stereocenters. The largest absolute Gasteiger partial charge is 0.320 e. The summed E-state index contributed by atoms with van der Waals surface area (Å²) in [6, 6.07) is 14.0. The second-order valence-corrected chi connectivity index (χ2v) is 7.29. The summed E-state index contributed by atoms with van der Waals surface area (Å²) in [5.41, 5.74) is 0.533. The van der Waals surface area contributed by atoms with E-state index in [1.807, 2.05) is 17.9 Å².